The summed E-state index contributed by atoms with van der Waals surface area (Å²) in [4.78, 5) is 0. The van der Waals surface area contributed by atoms with Gasteiger partial charge in [-0.3, -0.25) is 0 Å². The van der Waals surface area contributed by atoms with E-state index in [-0.39, 0.29) is 18.6 Å². The largest absolute Gasteiger partial charge is 0.394 e. The Bertz CT molecular complexity index is 104. The van der Waals surface area contributed by atoms with Crippen LogP contribution in [0.5, 0.6) is 0 Å². The van der Waals surface area contributed by atoms with Gasteiger partial charge in [0, 0.05) is 6.61 Å². The summed E-state index contributed by atoms with van der Waals surface area (Å²) in [6.07, 6.45) is -0.0621. The van der Waals surface area contributed by atoms with Crippen LogP contribution in [0.3, 0.4) is 0 Å². The number of aliphatic hydroxyl groups excluding tert-OH is 2. The van der Waals surface area contributed by atoms with E-state index >= 15 is 0 Å². The van der Waals surface area contributed by atoms with Crippen molar-refractivity contribution in [2.24, 2.45) is 5.92 Å². The molecular weight excluding hydrogens is 156 g/mol. The van der Waals surface area contributed by atoms with Gasteiger partial charge in [0.15, 0.2) is 0 Å². The first-order chi connectivity index (χ1) is 5.63. The molecule has 0 aromatic rings. The van der Waals surface area contributed by atoms with Crippen LogP contribution in [0.25, 0.3) is 0 Å². The second-order valence-corrected chi connectivity index (χ2v) is 3.33. The molecule has 0 aromatic carbocycles. The normalized spacial score (nSPS) is 16.5. The SMILES string of the molecule is CCCO[C@@H](C(C)C)[C@H](O)CO. The lowest BCUT2D eigenvalue weighted by Gasteiger charge is -2.25. The van der Waals surface area contributed by atoms with Crippen LogP contribution in [0, 0.1) is 5.92 Å². The Morgan fingerprint density at radius 1 is 1.33 bits per heavy atom. The molecule has 0 rings (SSSR count). The van der Waals surface area contributed by atoms with E-state index < -0.39 is 6.10 Å². The van der Waals surface area contributed by atoms with E-state index in [0.717, 1.165) is 6.42 Å². The van der Waals surface area contributed by atoms with Gasteiger partial charge in [-0.25, -0.2) is 0 Å². The lowest BCUT2D eigenvalue weighted by Crippen LogP contribution is -2.36. The first-order valence-corrected chi connectivity index (χ1v) is 4.54. The second kappa shape index (κ2) is 6.40. The Hall–Kier alpha value is -0.120. The summed E-state index contributed by atoms with van der Waals surface area (Å²) >= 11 is 0. The quantitative estimate of drug-likeness (QED) is 0.629. The smallest absolute Gasteiger partial charge is 0.103 e. The average Bonchev–Trinajstić information content (AvgIpc) is 2.04. The zero-order valence-corrected chi connectivity index (χ0v) is 8.16. The molecule has 0 saturated heterocycles. The van der Waals surface area contributed by atoms with Crippen molar-refractivity contribution in [1.29, 1.82) is 0 Å². The fourth-order valence-electron chi connectivity index (χ4n) is 1.11. The van der Waals surface area contributed by atoms with Gasteiger partial charge in [-0.1, -0.05) is 20.8 Å². The molecule has 0 aliphatic heterocycles. The van der Waals surface area contributed by atoms with Gasteiger partial charge in [0.1, 0.15) is 6.10 Å². The molecule has 0 fully saturated rings. The molecule has 0 aliphatic carbocycles. The zero-order valence-electron chi connectivity index (χ0n) is 8.16. The highest BCUT2D eigenvalue weighted by atomic mass is 16.5. The van der Waals surface area contributed by atoms with E-state index in [0.29, 0.717) is 6.61 Å². The molecule has 0 radical (unpaired) electrons. The summed E-state index contributed by atoms with van der Waals surface area (Å²) in [6.45, 7) is 6.37. The molecule has 3 nitrogen and oxygen atoms in total. The molecule has 2 atom stereocenters. The standard InChI is InChI=1S/C9H20O3/c1-4-5-12-9(7(2)3)8(11)6-10/h7-11H,4-6H2,1-3H3/t8-,9+/m1/s1. The highest BCUT2D eigenvalue weighted by molar-refractivity contribution is 4.71. The van der Waals surface area contributed by atoms with E-state index in [9.17, 15) is 5.11 Å². The molecule has 0 saturated carbocycles. The minimum atomic E-state index is -0.753. The lowest BCUT2D eigenvalue weighted by molar-refractivity contribution is -0.0785. The van der Waals surface area contributed by atoms with Crippen LogP contribution >= 0.6 is 0 Å². The van der Waals surface area contributed by atoms with Crippen LogP contribution in [-0.2, 0) is 4.74 Å². The summed E-state index contributed by atoms with van der Waals surface area (Å²) < 4.78 is 5.40. The van der Waals surface area contributed by atoms with Crippen molar-refractivity contribution in [2.45, 2.75) is 39.4 Å². The van der Waals surface area contributed by atoms with Crippen molar-refractivity contribution in [2.75, 3.05) is 13.2 Å². The van der Waals surface area contributed by atoms with Crippen LogP contribution in [0.2, 0.25) is 0 Å². The van der Waals surface area contributed by atoms with Crippen molar-refractivity contribution in [3.8, 4) is 0 Å². The predicted molar refractivity (Wildman–Crippen MR) is 48.0 cm³/mol. The minimum Gasteiger partial charge on any atom is -0.394 e. The lowest BCUT2D eigenvalue weighted by atomic mass is 10.0. The summed E-state index contributed by atoms with van der Waals surface area (Å²) in [6, 6.07) is 0. The van der Waals surface area contributed by atoms with Gasteiger partial charge >= 0.3 is 0 Å². The molecule has 0 unspecified atom stereocenters. The molecule has 0 bridgehead atoms. The summed E-state index contributed by atoms with van der Waals surface area (Å²) in [5.41, 5.74) is 0. The van der Waals surface area contributed by atoms with Crippen molar-refractivity contribution < 1.29 is 14.9 Å². The maximum atomic E-state index is 9.34. The molecule has 3 heteroatoms. The van der Waals surface area contributed by atoms with E-state index in [1.165, 1.54) is 0 Å². The van der Waals surface area contributed by atoms with Gasteiger partial charge in [-0.05, 0) is 12.3 Å². The molecular formula is C9H20O3. The first-order valence-electron chi connectivity index (χ1n) is 4.54. The molecule has 2 N–H and O–H groups in total. The Balaban J connectivity index is 3.85. The fourth-order valence-corrected chi connectivity index (χ4v) is 1.11. The molecule has 0 heterocycles. The van der Waals surface area contributed by atoms with Gasteiger partial charge in [0.2, 0.25) is 0 Å². The summed E-state index contributed by atoms with van der Waals surface area (Å²) in [5.74, 6) is 0.235. The van der Waals surface area contributed by atoms with Gasteiger partial charge in [0.05, 0.1) is 12.7 Å². The maximum Gasteiger partial charge on any atom is 0.103 e. The van der Waals surface area contributed by atoms with Crippen molar-refractivity contribution in [3.05, 3.63) is 0 Å². The van der Waals surface area contributed by atoms with Crippen LogP contribution in [0.4, 0.5) is 0 Å². The Labute approximate surface area is 74.4 Å². The molecule has 74 valence electrons. The predicted octanol–water partition coefficient (Wildman–Crippen LogP) is 0.791. The Morgan fingerprint density at radius 2 is 1.92 bits per heavy atom. The van der Waals surface area contributed by atoms with Crippen LogP contribution in [0.15, 0.2) is 0 Å². The third kappa shape index (κ3) is 4.04. The van der Waals surface area contributed by atoms with E-state index in [4.69, 9.17) is 9.84 Å². The van der Waals surface area contributed by atoms with Crippen LogP contribution < -0.4 is 0 Å². The van der Waals surface area contributed by atoms with Crippen LogP contribution in [0.1, 0.15) is 27.2 Å². The summed E-state index contributed by atoms with van der Waals surface area (Å²) in [7, 11) is 0. The Morgan fingerprint density at radius 3 is 2.25 bits per heavy atom. The molecule has 12 heavy (non-hydrogen) atoms. The van der Waals surface area contributed by atoms with Gasteiger partial charge in [-0.2, -0.15) is 0 Å². The third-order valence-corrected chi connectivity index (χ3v) is 1.74. The minimum absolute atomic E-state index is 0.230. The highest BCUT2D eigenvalue weighted by Gasteiger charge is 2.21. The van der Waals surface area contributed by atoms with Crippen molar-refractivity contribution in [1.82, 2.24) is 0 Å². The van der Waals surface area contributed by atoms with Gasteiger partial charge < -0.3 is 14.9 Å². The number of ether oxygens (including phenoxy) is 1. The van der Waals surface area contributed by atoms with Crippen molar-refractivity contribution >= 4 is 0 Å². The average molecular weight is 176 g/mol. The number of hydrogen-bond acceptors (Lipinski definition) is 3. The fraction of sp³-hybridized carbons (Fsp3) is 1.00. The highest BCUT2D eigenvalue weighted by Crippen LogP contribution is 2.11. The van der Waals surface area contributed by atoms with E-state index in [1.807, 2.05) is 20.8 Å². The maximum absolute atomic E-state index is 9.34. The topological polar surface area (TPSA) is 49.7 Å². The van der Waals surface area contributed by atoms with Gasteiger partial charge in [0.25, 0.3) is 0 Å². The zero-order chi connectivity index (χ0) is 9.56. The van der Waals surface area contributed by atoms with E-state index in [2.05, 4.69) is 0 Å². The number of rotatable bonds is 6. The molecule has 0 amide bonds. The monoisotopic (exact) mass is 176 g/mol. The summed E-state index contributed by atoms with van der Waals surface area (Å²) in [5, 5.41) is 18.1. The molecule has 0 aliphatic rings. The molecule has 0 spiro atoms. The Kier molecular flexibility index (Phi) is 6.34. The second-order valence-electron chi connectivity index (χ2n) is 3.33. The first kappa shape index (κ1) is 11.9. The molecule has 0 aromatic heterocycles. The van der Waals surface area contributed by atoms with E-state index in [1.54, 1.807) is 0 Å². The number of hydrogen-bond donors (Lipinski definition) is 2. The van der Waals surface area contributed by atoms with Crippen molar-refractivity contribution in [3.63, 3.8) is 0 Å². The van der Waals surface area contributed by atoms with Gasteiger partial charge in [-0.15, -0.1) is 0 Å². The number of aliphatic hydroxyl groups is 2. The van der Waals surface area contributed by atoms with Crippen LogP contribution in [-0.4, -0.2) is 35.6 Å². The third-order valence-electron chi connectivity index (χ3n) is 1.74.